The van der Waals surface area contributed by atoms with Crippen LogP contribution >= 0.6 is 23.2 Å². The zero-order chi connectivity index (χ0) is 11.8. The molecule has 1 unspecified atom stereocenters. The summed E-state index contributed by atoms with van der Waals surface area (Å²) in [6.07, 6.45) is 0.987. The summed E-state index contributed by atoms with van der Waals surface area (Å²) < 4.78 is 7.57. The van der Waals surface area contributed by atoms with Crippen molar-refractivity contribution in [3.8, 4) is 0 Å². The summed E-state index contributed by atoms with van der Waals surface area (Å²) in [6, 6.07) is 6.05. The number of fused-ring (bicyclic) bond motifs is 1. The Morgan fingerprint density at radius 3 is 3.06 bits per heavy atom. The van der Waals surface area contributed by atoms with Gasteiger partial charge < -0.3 is 9.30 Å². The molecule has 1 saturated heterocycles. The van der Waals surface area contributed by atoms with Crippen LogP contribution in [0.25, 0.3) is 11.0 Å². The average Bonchev–Trinajstić information content (AvgIpc) is 2.95. The van der Waals surface area contributed by atoms with Gasteiger partial charge in [-0.05, 0) is 18.6 Å². The normalized spacial score (nSPS) is 20.2. The second-order valence-corrected chi connectivity index (χ2v) is 4.83. The third-order valence-electron chi connectivity index (χ3n) is 3.12. The highest BCUT2D eigenvalue weighted by atomic mass is 35.5. The zero-order valence-corrected chi connectivity index (χ0v) is 10.7. The van der Waals surface area contributed by atoms with Crippen molar-refractivity contribution < 1.29 is 4.74 Å². The number of imidazole rings is 1. The van der Waals surface area contributed by atoms with Crippen LogP contribution in [0.1, 0.15) is 18.3 Å². The first-order chi connectivity index (χ1) is 8.31. The van der Waals surface area contributed by atoms with Crippen molar-refractivity contribution in [2.45, 2.75) is 18.3 Å². The number of aromatic nitrogens is 2. The molecule has 90 valence electrons. The van der Waals surface area contributed by atoms with Gasteiger partial charge >= 0.3 is 0 Å². The molecule has 0 radical (unpaired) electrons. The molecule has 2 heterocycles. The maximum atomic E-state index is 6.27. The lowest BCUT2D eigenvalue weighted by Gasteiger charge is -2.14. The third-order valence-corrected chi connectivity index (χ3v) is 3.67. The predicted octanol–water partition coefficient (Wildman–Crippen LogP) is 3.39. The third kappa shape index (κ3) is 1.82. The van der Waals surface area contributed by atoms with Gasteiger partial charge in [0.15, 0.2) is 0 Å². The topological polar surface area (TPSA) is 27.1 Å². The first kappa shape index (κ1) is 11.3. The molecule has 0 spiro atoms. The van der Waals surface area contributed by atoms with Crippen LogP contribution in [0.3, 0.4) is 0 Å². The fourth-order valence-corrected chi connectivity index (χ4v) is 2.82. The minimum atomic E-state index is 0.300. The van der Waals surface area contributed by atoms with Gasteiger partial charge in [-0.2, -0.15) is 0 Å². The Morgan fingerprint density at radius 1 is 1.47 bits per heavy atom. The van der Waals surface area contributed by atoms with Crippen LogP contribution in [0, 0.1) is 0 Å². The van der Waals surface area contributed by atoms with Gasteiger partial charge in [-0.15, -0.1) is 11.6 Å². The van der Waals surface area contributed by atoms with Crippen molar-refractivity contribution in [2.75, 3.05) is 13.2 Å². The zero-order valence-electron chi connectivity index (χ0n) is 9.20. The molecule has 1 fully saturated rings. The Hall–Kier alpha value is -0.770. The van der Waals surface area contributed by atoms with Gasteiger partial charge in [-0.3, -0.25) is 0 Å². The monoisotopic (exact) mass is 270 g/mol. The Kier molecular flexibility index (Phi) is 2.99. The Labute approximate surface area is 109 Å². The lowest BCUT2D eigenvalue weighted by molar-refractivity contribution is 0.187. The number of halogens is 2. The van der Waals surface area contributed by atoms with E-state index in [1.807, 2.05) is 18.2 Å². The van der Waals surface area contributed by atoms with Crippen LogP contribution in [0.5, 0.6) is 0 Å². The standard InChI is InChI=1S/C12H12Cl2N2O/c13-6-11-15-10-3-1-2-9(14)12(10)16(11)8-4-5-17-7-8/h1-3,8H,4-7H2. The van der Waals surface area contributed by atoms with Crippen molar-refractivity contribution in [1.82, 2.24) is 9.55 Å². The predicted molar refractivity (Wildman–Crippen MR) is 68.8 cm³/mol. The second-order valence-electron chi connectivity index (χ2n) is 4.16. The van der Waals surface area contributed by atoms with Crippen LogP contribution in [-0.2, 0) is 10.6 Å². The molecular weight excluding hydrogens is 259 g/mol. The van der Waals surface area contributed by atoms with Crippen LogP contribution in [-0.4, -0.2) is 22.8 Å². The number of alkyl halides is 1. The molecule has 5 heteroatoms. The van der Waals surface area contributed by atoms with E-state index in [4.69, 9.17) is 27.9 Å². The van der Waals surface area contributed by atoms with Gasteiger partial charge in [0.05, 0.1) is 34.6 Å². The summed E-state index contributed by atoms with van der Waals surface area (Å²) in [5.74, 6) is 1.26. The van der Waals surface area contributed by atoms with E-state index in [-0.39, 0.29) is 0 Å². The van der Waals surface area contributed by atoms with Gasteiger partial charge in [0.25, 0.3) is 0 Å². The van der Waals surface area contributed by atoms with E-state index in [2.05, 4.69) is 9.55 Å². The quantitative estimate of drug-likeness (QED) is 0.783. The molecule has 1 aliphatic rings. The Balaban J connectivity index is 2.24. The molecule has 3 rings (SSSR count). The minimum Gasteiger partial charge on any atom is -0.379 e. The lowest BCUT2D eigenvalue weighted by Crippen LogP contribution is -2.11. The van der Waals surface area contributed by atoms with E-state index in [1.54, 1.807) is 0 Å². The van der Waals surface area contributed by atoms with Crippen LogP contribution < -0.4 is 0 Å². The molecule has 17 heavy (non-hydrogen) atoms. The van der Waals surface area contributed by atoms with Gasteiger partial charge in [0.1, 0.15) is 5.82 Å². The van der Waals surface area contributed by atoms with Gasteiger partial charge in [-0.1, -0.05) is 17.7 Å². The highest BCUT2D eigenvalue weighted by Gasteiger charge is 2.23. The largest absolute Gasteiger partial charge is 0.379 e. The smallest absolute Gasteiger partial charge is 0.125 e. The van der Waals surface area contributed by atoms with Crippen molar-refractivity contribution in [2.24, 2.45) is 0 Å². The van der Waals surface area contributed by atoms with Crippen molar-refractivity contribution in [3.05, 3.63) is 29.0 Å². The van der Waals surface area contributed by atoms with E-state index >= 15 is 0 Å². The molecule has 0 amide bonds. The maximum absolute atomic E-state index is 6.27. The summed E-state index contributed by atoms with van der Waals surface area (Å²) in [5, 5.41) is 0.721. The molecule has 1 aliphatic heterocycles. The molecule has 1 aromatic heterocycles. The number of para-hydroxylation sites is 1. The van der Waals surface area contributed by atoms with Crippen molar-refractivity contribution in [1.29, 1.82) is 0 Å². The van der Waals surface area contributed by atoms with Crippen LogP contribution in [0.4, 0.5) is 0 Å². The second kappa shape index (κ2) is 4.48. The van der Waals surface area contributed by atoms with E-state index in [0.29, 0.717) is 18.5 Å². The van der Waals surface area contributed by atoms with E-state index in [0.717, 1.165) is 34.9 Å². The lowest BCUT2D eigenvalue weighted by atomic mass is 10.2. The molecule has 1 aromatic carbocycles. The summed E-state index contributed by atoms with van der Waals surface area (Å²) >= 11 is 12.2. The average molecular weight is 271 g/mol. The summed E-state index contributed by atoms with van der Waals surface area (Å²) in [4.78, 5) is 4.53. The molecule has 0 N–H and O–H groups in total. The molecule has 0 saturated carbocycles. The van der Waals surface area contributed by atoms with Gasteiger partial charge in [-0.25, -0.2) is 4.98 Å². The number of ether oxygens (including phenoxy) is 1. The number of rotatable bonds is 2. The van der Waals surface area contributed by atoms with Crippen LogP contribution in [0.15, 0.2) is 18.2 Å². The molecule has 0 aliphatic carbocycles. The first-order valence-corrected chi connectivity index (χ1v) is 6.51. The van der Waals surface area contributed by atoms with Crippen molar-refractivity contribution >= 4 is 34.2 Å². The Bertz CT molecular complexity index is 547. The number of nitrogens with zero attached hydrogens (tertiary/aromatic N) is 2. The highest BCUT2D eigenvalue weighted by molar-refractivity contribution is 6.35. The molecule has 0 bridgehead atoms. The fourth-order valence-electron chi connectivity index (χ4n) is 2.37. The SMILES string of the molecule is ClCc1nc2cccc(Cl)c2n1C1CCOC1. The first-order valence-electron chi connectivity index (χ1n) is 5.60. The van der Waals surface area contributed by atoms with Crippen molar-refractivity contribution in [3.63, 3.8) is 0 Å². The summed E-state index contributed by atoms with van der Waals surface area (Å²) in [6.45, 7) is 1.50. The van der Waals surface area contributed by atoms with E-state index in [9.17, 15) is 0 Å². The van der Waals surface area contributed by atoms with E-state index < -0.39 is 0 Å². The molecule has 2 aromatic rings. The van der Waals surface area contributed by atoms with Gasteiger partial charge in [0.2, 0.25) is 0 Å². The maximum Gasteiger partial charge on any atom is 0.125 e. The molecule has 3 nitrogen and oxygen atoms in total. The minimum absolute atomic E-state index is 0.300. The molecule has 1 atom stereocenters. The van der Waals surface area contributed by atoms with Crippen LogP contribution in [0.2, 0.25) is 5.02 Å². The fraction of sp³-hybridized carbons (Fsp3) is 0.417. The summed E-state index contributed by atoms with van der Waals surface area (Å²) in [5.41, 5.74) is 1.88. The number of hydrogen-bond donors (Lipinski definition) is 0. The number of benzene rings is 1. The van der Waals surface area contributed by atoms with Gasteiger partial charge in [0, 0.05) is 6.61 Å². The number of hydrogen-bond acceptors (Lipinski definition) is 2. The molecular formula is C12H12Cl2N2O. The highest BCUT2D eigenvalue weighted by Crippen LogP contribution is 2.31. The van der Waals surface area contributed by atoms with E-state index in [1.165, 1.54) is 0 Å². The Morgan fingerprint density at radius 2 is 2.35 bits per heavy atom. The summed E-state index contributed by atoms with van der Waals surface area (Å²) in [7, 11) is 0.